The highest BCUT2D eigenvalue weighted by atomic mass is 16.5. The number of allylic oxidation sites excluding steroid dienone is 3. The van der Waals surface area contributed by atoms with Gasteiger partial charge in [0, 0.05) is 6.42 Å². The minimum Gasteiger partial charge on any atom is -0.466 e. The van der Waals surface area contributed by atoms with Crippen molar-refractivity contribution in [3.05, 3.63) is 24.3 Å². The molecule has 23 heavy (non-hydrogen) atoms. The summed E-state index contributed by atoms with van der Waals surface area (Å²) in [6.45, 7) is 4.49. The molecule has 134 valence electrons. The van der Waals surface area contributed by atoms with Crippen LogP contribution in [0.1, 0.15) is 84.5 Å². The first-order chi connectivity index (χ1) is 11.2. The molecule has 0 rings (SSSR count). The number of aliphatic hydroxyl groups excluding tert-OH is 1. The maximum absolute atomic E-state index is 11.1. The molecule has 1 unspecified atom stereocenters. The van der Waals surface area contributed by atoms with Crippen molar-refractivity contribution in [3.8, 4) is 0 Å². The maximum atomic E-state index is 11.1. The van der Waals surface area contributed by atoms with E-state index in [1.165, 1.54) is 32.1 Å². The van der Waals surface area contributed by atoms with Crippen LogP contribution in [0.4, 0.5) is 0 Å². The minimum absolute atomic E-state index is 0.0703. The summed E-state index contributed by atoms with van der Waals surface area (Å²) in [5.74, 6) is -0.0703. The molecule has 0 spiro atoms. The van der Waals surface area contributed by atoms with E-state index in [-0.39, 0.29) is 12.1 Å². The van der Waals surface area contributed by atoms with E-state index in [0.717, 1.165) is 32.1 Å². The van der Waals surface area contributed by atoms with Gasteiger partial charge in [0.25, 0.3) is 0 Å². The minimum atomic E-state index is -0.300. The molecule has 0 aliphatic heterocycles. The van der Waals surface area contributed by atoms with Gasteiger partial charge in [-0.25, -0.2) is 0 Å². The number of hydrogen-bond donors (Lipinski definition) is 1. The van der Waals surface area contributed by atoms with Crippen molar-refractivity contribution in [2.24, 2.45) is 0 Å². The molecular weight excluding hydrogens is 288 g/mol. The first-order valence-corrected chi connectivity index (χ1v) is 9.37. The lowest BCUT2D eigenvalue weighted by atomic mass is 10.1. The van der Waals surface area contributed by atoms with Crippen LogP contribution >= 0.6 is 0 Å². The molecule has 0 aromatic heterocycles. The van der Waals surface area contributed by atoms with Gasteiger partial charge >= 0.3 is 5.97 Å². The zero-order valence-corrected chi connectivity index (χ0v) is 15.1. The second kappa shape index (κ2) is 17.3. The quantitative estimate of drug-likeness (QED) is 0.251. The topological polar surface area (TPSA) is 46.5 Å². The van der Waals surface area contributed by atoms with Crippen LogP contribution in [0.5, 0.6) is 0 Å². The molecule has 0 bridgehead atoms. The maximum Gasteiger partial charge on any atom is 0.305 e. The van der Waals surface area contributed by atoms with Crippen LogP contribution in [0.25, 0.3) is 0 Å². The molecule has 0 aliphatic carbocycles. The number of carbonyl (C=O) groups is 1. The molecule has 1 N–H and O–H groups in total. The van der Waals surface area contributed by atoms with Crippen LogP contribution in [0, 0.1) is 0 Å². The predicted octanol–water partition coefficient (Wildman–Crippen LogP) is 5.33. The predicted molar refractivity (Wildman–Crippen MR) is 97.4 cm³/mol. The van der Waals surface area contributed by atoms with Crippen molar-refractivity contribution >= 4 is 5.97 Å². The van der Waals surface area contributed by atoms with E-state index < -0.39 is 0 Å². The summed E-state index contributed by atoms with van der Waals surface area (Å²) in [4.78, 5) is 11.1. The molecule has 0 amide bonds. The zero-order chi connectivity index (χ0) is 17.2. The van der Waals surface area contributed by atoms with Crippen molar-refractivity contribution < 1.29 is 14.6 Å². The largest absolute Gasteiger partial charge is 0.466 e. The highest BCUT2D eigenvalue weighted by Gasteiger charge is 2.00. The molecule has 1 atom stereocenters. The fourth-order valence-corrected chi connectivity index (χ4v) is 2.36. The molecule has 0 heterocycles. The van der Waals surface area contributed by atoms with Crippen molar-refractivity contribution in [2.75, 3.05) is 6.61 Å². The van der Waals surface area contributed by atoms with Crippen LogP contribution in [0.2, 0.25) is 0 Å². The zero-order valence-electron chi connectivity index (χ0n) is 15.1. The monoisotopic (exact) mass is 324 g/mol. The number of carbonyl (C=O) groups excluding carboxylic acids is 1. The number of unbranched alkanes of at least 4 members (excludes halogenated alkanes) is 7. The van der Waals surface area contributed by atoms with Crippen LogP contribution in [0.3, 0.4) is 0 Å². The number of rotatable bonds is 15. The SMILES string of the molecule is CCCCCC(O)C=CC=CCCCCCCCC(=O)OCC. The fraction of sp³-hybridized carbons (Fsp3) is 0.750. The number of esters is 1. The Kier molecular flexibility index (Phi) is 16.4. The highest BCUT2D eigenvalue weighted by molar-refractivity contribution is 5.69. The van der Waals surface area contributed by atoms with Crippen LogP contribution in [-0.4, -0.2) is 23.8 Å². The average Bonchev–Trinajstić information content (AvgIpc) is 2.53. The number of ether oxygens (including phenoxy) is 1. The van der Waals surface area contributed by atoms with Crippen LogP contribution in [-0.2, 0) is 9.53 Å². The Hall–Kier alpha value is -1.09. The summed E-state index contributed by atoms with van der Waals surface area (Å²) in [6, 6.07) is 0. The van der Waals surface area contributed by atoms with Gasteiger partial charge in [0.2, 0.25) is 0 Å². The van der Waals surface area contributed by atoms with Crippen molar-refractivity contribution in [1.82, 2.24) is 0 Å². The van der Waals surface area contributed by atoms with E-state index in [9.17, 15) is 9.90 Å². The number of hydrogen-bond acceptors (Lipinski definition) is 3. The van der Waals surface area contributed by atoms with Gasteiger partial charge in [-0.15, -0.1) is 0 Å². The van der Waals surface area contributed by atoms with E-state index >= 15 is 0 Å². The molecule has 0 aromatic carbocycles. The third-order valence-corrected chi connectivity index (χ3v) is 3.74. The molecular formula is C20H36O3. The van der Waals surface area contributed by atoms with E-state index in [1.54, 1.807) is 0 Å². The molecule has 0 aliphatic rings. The fourth-order valence-electron chi connectivity index (χ4n) is 2.36. The van der Waals surface area contributed by atoms with E-state index in [0.29, 0.717) is 13.0 Å². The third-order valence-electron chi connectivity index (χ3n) is 3.74. The van der Waals surface area contributed by atoms with E-state index in [1.807, 2.05) is 25.2 Å². The molecule has 0 aromatic rings. The van der Waals surface area contributed by atoms with E-state index in [2.05, 4.69) is 13.0 Å². The summed E-state index contributed by atoms with van der Waals surface area (Å²) in [7, 11) is 0. The molecule has 3 nitrogen and oxygen atoms in total. The Balaban J connectivity index is 3.38. The second-order valence-corrected chi connectivity index (χ2v) is 5.99. The van der Waals surface area contributed by atoms with Gasteiger partial charge in [-0.2, -0.15) is 0 Å². The molecule has 3 heteroatoms. The van der Waals surface area contributed by atoms with Gasteiger partial charge in [0.1, 0.15) is 0 Å². The van der Waals surface area contributed by atoms with Crippen molar-refractivity contribution in [1.29, 1.82) is 0 Å². The van der Waals surface area contributed by atoms with Crippen LogP contribution in [0.15, 0.2) is 24.3 Å². The van der Waals surface area contributed by atoms with Gasteiger partial charge in [0.15, 0.2) is 0 Å². The Morgan fingerprint density at radius 1 is 1.00 bits per heavy atom. The third kappa shape index (κ3) is 17.1. The lowest BCUT2D eigenvalue weighted by molar-refractivity contribution is -0.143. The first kappa shape index (κ1) is 21.9. The molecule has 0 fully saturated rings. The Bertz CT molecular complexity index is 321. The summed E-state index contributed by atoms with van der Waals surface area (Å²) in [5, 5.41) is 9.72. The van der Waals surface area contributed by atoms with Gasteiger partial charge in [-0.05, 0) is 32.6 Å². The molecule has 0 saturated carbocycles. The second-order valence-electron chi connectivity index (χ2n) is 5.99. The van der Waals surface area contributed by atoms with Gasteiger partial charge in [-0.1, -0.05) is 69.8 Å². The van der Waals surface area contributed by atoms with E-state index in [4.69, 9.17) is 4.74 Å². The summed E-state index contributed by atoms with van der Waals surface area (Å²) < 4.78 is 4.90. The summed E-state index contributed by atoms with van der Waals surface area (Å²) in [5.41, 5.74) is 0. The lowest BCUT2D eigenvalue weighted by Gasteiger charge is -2.03. The Morgan fingerprint density at radius 3 is 2.48 bits per heavy atom. The smallest absolute Gasteiger partial charge is 0.305 e. The normalized spacial score (nSPS) is 13.0. The van der Waals surface area contributed by atoms with Gasteiger partial charge < -0.3 is 9.84 Å². The standard InChI is InChI=1S/C20H36O3/c1-3-5-13-16-19(21)17-14-11-9-7-6-8-10-12-15-18-20(22)23-4-2/h9,11,14,17,19,21H,3-8,10,12-13,15-16,18H2,1-2H3. The number of aliphatic hydroxyl groups is 1. The first-order valence-electron chi connectivity index (χ1n) is 9.37. The molecule has 0 radical (unpaired) electrons. The summed E-state index contributed by atoms with van der Waals surface area (Å²) in [6.07, 6.45) is 19.3. The highest BCUT2D eigenvalue weighted by Crippen LogP contribution is 2.08. The lowest BCUT2D eigenvalue weighted by Crippen LogP contribution is -2.03. The average molecular weight is 325 g/mol. The van der Waals surface area contributed by atoms with Crippen LogP contribution < -0.4 is 0 Å². The van der Waals surface area contributed by atoms with Gasteiger partial charge in [0.05, 0.1) is 12.7 Å². The van der Waals surface area contributed by atoms with Crippen molar-refractivity contribution in [2.45, 2.75) is 90.6 Å². The summed E-state index contributed by atoms with van der Waals surface area (Å²) >= 11 is 0. The molecule has 0 saturated heterocycles. The Labute approximate surface area is 142 Å². The Morgan fingerprint density at radius 2 is 1.74 bits per heavy atom. The van der Waals surface area contributed by atoms with Crippen molar-refractivity contribution in [3.63, 3.8) is 0 Å². The van der Waals surface area contributed by atoms with Gasteiger partial charge in [-0.3, -0.25) is 4.79 Å².